The summed E-state index contributed by atoms with van der Waals surface area (Å²) in [6.07, 6.45) is 4.31. The Morgan fingerprint density at radius 1 is 0.614 bits per heavy atom. The number of rotatable bonds is 7. The molecule has 0 bridgehead atoms. The highest BCUT2D eigenvalue weighted by Gasteiger charge is 2.14. The number of para-hydroxylation sites is 2. The molecule has 0 atom stereocenters. The van der Waals surface area contributed by atoms with E-state index in [1.165, 1.54) is 14.6 Å². The molecule has 4 aromatic carbocycles. The van der Waals surface area contributed by atoms with Crippen molar-refractivity contribution in [2.45, 2.75) is 0 Å². The highest BCUT2D eigenvalue weighted by atomic mass is 32.1. The molecule has 7 aromatic rings. The number of phenolic OH excluding ortho intramolecular Hbond substituents is 1. The van der Waals surface area contributed by atoms with E-state index in [-0.39, 0.29) is 11.4 Å². The Labute approximate surface area is 263 Å². The van der Waals surface area contributed by atoms with Crippen LogP contribution in [0.5, 0.6) is 5.75 Å². The Hall–Kier alpha value is -5.48. The lowest BCUT2D eigenvalue weighted by Crippen LogP contribution is -2.09. The number of aromatic hydroxyl groups is 1. The van der Waals surface area contributed by atoms with E-state index in [0.717, 1.165) is 38.5 Å². The Morgan fingerprint density at radius 2 is 1.25 bits per heavy atom. The van der Waals surface area contributed by atoms with Gasteiger partial charge < -0.3 is 10.0 Å². The largest absolute Gasteiger partial charge is 0.506 e. The summed E-state index contributed by atoms with van der Waals surface area (Å²) in [6, 6.07) is 47.2. The van der Waals surface area contributed by atoms with Gasteiger partial charge in [-0.1, -0.05) is 54.6 Å². The van der Waals surface area contributed by atoms with Crippen molar-refractivity contribution in [1.29, 1.82) is 5.26 Å². The van der Waals surface area contributed by atoms with Crippen LogP contribution in [-0.4, -0.2) is 10.1 Å². The zero-order valence-electron chi connectivity index (χ0n) is 23.5. The van der Waals surface area contributed by atoms with Crippen molar-refractivity contribution in [3.8, 4) is 32.0 Å². The number of phenols is 1. The van der Waals surface area contributed by atoms with Crippen LogP contribution in [0, 0.1) is 11.3 Å². The molecule has 0 spiro atoms. The van der Waals surface area contributed by atoms with E-state index >= 15 is 0 Å². The van der Waals surface area contributed by atoms with Gasteiger partial charge in [0.25, 0.3) is 0 Å². The number of pyridine rings is 1. The molecule has 6 heteroatoms. The van der Waals surface area contributed by atoms with E-state index in [1.54, 1.807) is 34.8 Å². The van der Waals surface area contributed by atoms with E-state index in [2.05, 4.69) is 119 Å². The lowest BCUT2D eigenvalue weighted by Gasteiger charge is -2.25. The third-order valence-electron chi connectivity index (χ3n) is 7.31. The van der Waals surface area contributed by atoms with Crippen molar-refractivity contribution in [3.63, 3.8) is 0 Å². The Kier molecular flexibility index (Phi) is 7.47. The second kappa shape index (κ2) is 12.0. The monoisotopic (exact) mass is 603 g/mol. The number of thiophene rings is 2. The van der Waals surface area contributed by atoms with E-state index in [1.807, 2.05) is 30.3 Å². The lowest BCUT2D eigenvalue weighted by atomic mass is 10.1. The Morgan fingerprint density at radius 3 is 1.95 bits per heavy atom. The first kappa shape index (κ1) is 27.4. The summed E-state index contributed by atoms with van der Waals surface area (Å²) in [5.74, 6) is 0.0756. The van der Waals surface area contributed by atoms with Crippen LogP contribution in [0.2, 0.25) is 0 Å². The van der Waals surface area contributed by atoms with Crippen molar-refractivity contribution in [2.24, 2.45) is 0 Å². The summed E-state index contributed by atoms with van der Waals surface area (Å²) >= 11 is 3.46. The topological polar surface area (TPSA) is 60.2 Å². The number of fused-ring (bicyclic) bond motifs is 1. The molecular weight excluding hydrogens is 579 g/mol. The fourth-order valence-electron chi connectivity index (χ4n) is 5.18. The minimum atomic E-state index is 0.0756. The minimum Gasteiger partial charge on any atom is -0.506 e. The first-order valence-corrected chi connectivity index (χ1v) is 15.7. The number of nitrogens with zero attached hydrogens (tertiary/aromatic N) is 3. The molecule has 0 fully saturated rings. The molecule has 7 rings (SSSR count). The summed E-state index contributed by atoms with van der Waals surface area (Å²) in [7, 11) is 0. The van der Waals surface area contributed by atoms with Crippen LogP contribution in [0.15, 0.2) is 133 Å². The summed E-state index contributed by atoms with van der Waals surface area (Å²) in [5.41, 5.74) is 6.20. The normalized spacial score (nSPS) is 11.2. The highest BCUT2D eigenvalue weighted by molar-refractivity contribution is 7.24. The van der Waals surface area contributed by atoms with Crippen molar-refractivity contribution >= 4 is 62.8 Å². The van der Waals surface area contributed by atoms with Crippen molar-refractivity contribution in [3.05, 3.63) is 150 Å². The van der Waals surface area contributed by atoms with Crippen molar-refractivity contribution in [1.82, 2.24) is 4.98 Å². The van der Waals surface area contributed by atoms with Crippen molar-refractivity contribution < 1.29 is 5.11 Å². The van der Waals surface area contributed by atoms with Crippen LogP contribution < -0.4 is 4.90 Å². The van der Waals surface area contributed by atoms with Gasteiger partial charge in [0.1, 0.15) is 23.0 Å². The molecule has 3 aromatic heterocycles. The van der Waals surface area contributed by atoms with Gasteiger partial charge in [0, 0.05) is 47.5 Å². The first-order valence-electron chi connectivity index (χ1n) is 14.1. The van der Waals surface area contributed by atoms with Gasteiger partial charge in [-0.05, 0) is 96.6 Å². The maximum Gasteiger partial charge on any atom is 0.141 e. The van der Waals surface area contributed by atoms with Gasteiger partial charge in [-0.15, -0.1) is 22.7 Å². The van der Waals surface area contributed by atoms with Gasteiger partial charge in [-0.3, -0.25) is 0 Å². The molecule has 1 N–H and O–H groups in total. The fraction of sp³-hybridized carbons (Fsp3) is 0. The second-order valence-electron chi connectivity index (χ2n) is 10.1. The van der Waals surface area contributed by atoms with Crippen molar-refractivity contribution in [2.75, 3.05) is 4.90 Å². The lowest BCUT2D eigenvalue weighted by molar-refractivity contribution is 0.480. The van der Waals surface area contributed by atoms with Gasteiger partial charge in [-0.25, -0.2) is 4.98 Å². The van der Waals surface area contributed by atoms with Gasteiger partial charge in [-0.2, -0.15) is 5.26 Å². The molecule has 0 unspecified atom stereocenters. The summed E-state index contributed by atoms with van der Waals surface area (Å²) in [4.78, 5) is 11.2. The van der Waals surface area contributed by atoms with Gasteiger partial charge in [0.15, 0.2) is 0 Å². The zero-order valence-corrected chi connectivity index (χ0v) is 25.1. The van der Waals surface area contributed by atoms with Gasteiger partial charge >= 0.3 is 0 Å². The van der Waals surface area contributed by atoms with Gasteiger partial charge in [0.05, 0.1) is 0 Å². The molecule has 0 aliphatic rings. The Bertz CT molecular complexity index is 2100. The number of hydrogen-bond donors (Lipinski definition) is 1. The maximum atomic E-state index is 10.3. The first-order chi connectivity index (χ1) is 21.7. The number of aromatic nitrogens is 1. The minimum absolute atomic E-state index is 0.0756. The average molecular weight is 604 g/mol. The second-order valence-corrected chi connectivity index (χ2v) is 12.3. The molecular formula is C38H25N3OS2. The third-order valence-corrected chi connectivity index (χ3v) is 9.68. The molecule has 0 radical (unpaired) electrons. The fourth-order valence-corrected chi connectivity index (χ4v) is 7.23. The standard InChI is InChI=1S/C38H25N3OS2/c39-25-27-14-19-33-32(20-21-34(42)38(33)40-27)35-23-24-37(44-35)36-22-18-31(43-36)17-13-26-11-15-30(16-12-26)41(28-7-3-1-4-8-28)29-9-5-2-6-10-29/h1-24,42H/b17-13+. The predicted molar refractivity (Wildman–Crippen MR) is 185 cm³/mol. The van der Waals surface area contributed by atoms with Crippen LogP contribution in [0.4, 0.5) is 17.1 Å². The van der Waals surface area contributed by atoms with E-state index in [4.69, 9.17) is 0 Å². The van der Waals surface area contributed by atoms with Gasteiger partial charge in [0.2, 0.25) is 0 Å². The van der Waals surface area contributed by atoms with Crippen LogP contribution in [-0.2, 0) is 0 Å². The number of benzene rings is 4. The molecule has 0 saturated heterocycles. The van der Waals surface area contributed by atoms with E-state index in [9.17, 15) is 10.4 Å². The molecule has 0 amide bonds. The van der Waals surface area contributed by atoms with Crippen LogP contribution >= 0.6 is 22.7 Å². The number of nitriles is 1. The van der Waals surface area contributed by atoms with Crippen LogP contribution in [0.25, 0.3) is 43.2 Å². The highest BCUT2D eigenvalue weighted by Crippen LogP contribution is 2.41. The SMILES string of the molecule is N#Cc1ccc2c(-c3ccc(-c4ccc(/C=C/c5ccc(N(c6ccccc6)c6ccccc6)cc5)s4)s3)ccc(O)c2n1. The molecule has 0 aliphatic heterocycles. The maximum absolute atomic E-state index is 10.3. The molecule has 0 saturated carbocycles. The molecule has 0 aliphatic carbocycles. The predicted octanol–water partition coefficient (Wildman–Crippen LogP) is 10.9. The summed E-state index contributed by atoms with van der Waals surface area (Å²) < 4.78 is 0. The smallest absolute Gasteiger partial charge is 0.141 e. The molecule has 4 nitrogen and oxygen atoms in total. The van der Waals surface area contributed by atoms with Crippen LogP contribution in [0.1, 0.15) is 16.1 Å². The summed E-state index contributed by atoms with van der Waals surface area (Å²) in [5, 5.41) is 20.4. The quantitative estimate of drug-likeness (QED) is 0.197. The molecule has 3 heterocycles. The molecule has 44 heavy (non-hydrogen) atoms. The third kappa shape index (κ3) is 5.50. The summed E-state index contributed by atoms with van der Waals surface area (Å²) in [6.45, 7) is 0. The zero-order chi connectivity index (χ0) is 29.9. The van der Waals surface area contributed by atoms with E-state index < -0.39 is 0 Å². The number of anilines is 3. The molecule has 210 valence electrons. The average Bonchev–Trinajstić information content (AvgIpc) is 3.76. The van der Waals surface area contributed by atoms with Crippen LogP contribution in [0.3, 0.4) is 0 Å². The number of hydrogen-bond acceptors (Lipinski definition) is 6. The Balaban J connectivity index is 1.10. The van der Waals surface area contributed by atoms with E-state index in [0.29, 0.717) is 5.52 Å².